The van der Waals surface area contributed by atoms with E-state index >= 15 is 0 Å². The molecule has 0 aromatic carbocycles. The molecule has 0 unspecified atom stereocenters. The summed E-state index contributed by atoms with van der Waals surface area (Å²) in [4.78, 5) is 10.4. The summed E-state index contributed by atoms with van der Waals surface area (Å²) in [6.45, 7) is 5.76. The summed E-state index contributed by atoms with van der Waals surface area (Å²) < 4.78 is 6.43. The van der Waals surface area contributed by atoms with E-state index in [0.29, 0.717) is 5.92 Å². The van der Waals surface area contributed by atoms with Crippen molar-refractivity contribution in [1.29, 1.82) is 0 Å². The Hall–Kier alpha value is -1.06. The van der Waals surface area contributed by atoms with Gasteiger partial charge in [0.15, 0.2) is 1.41 Å². The second-order valence-corrected chi connectivity index (χ2v) is 2.35. The number of nitrogens with two attached hydrogens (primary N) is 1. The van der Waals surface area contributed by atoms with Crippen LogP contribution in [0.1, 0.15) is 20.8 Å². The normalized spacial score (nSPS) is 12.8. The molecule has 4 nitrogen and oxygen atoms in total. The zero-order valence-corrected chi connectivity index (χ0v) is 6.43. The minimum Gasteiger partial charge on any atom is -0.350 e. The van der Waals surface area contributed by atoms with E-state index in [1.807, 2.05) is 20.8 Å². The molecule has 0 spiro atoms. The summed E-state index contributed by atoms with van der Waals surface area (Å²) in [7, 11) is 0. The van der Waals surface area contributed by atoms with E-state index in [0.717, 1.165) is 5.71 Å². The molecule has 2 amide bonds. The minimum absolute atomic E-state index is 0.307. The molecule has 0 atom stereocenters. The van der Waals surface area contributed by atoms with Crippen LogP contribution in [0.4, 0.5) is 4.79 Å². The predicted octanol–water partition coefficient (Wildman–Crippen LogP) is 0.687. The van der Waals surface area contributed by atoms with E-state index in [-0.39, 0.29) is 0 Å². The van der Waals surface area contributed by atoms with Crippen LogP contribution in [-0.2, 0) is 0 Å². The van der Waals surface area contributed by atoms with Crippen molar-refractivity contribution in [3.05, 3.63) is 0 Å². The van der Waals surface area contributed by atoms with Gasteiger partial charge < -0.3 is 5.73 Å². The summed E-state index contributed by atoms with van der Waals surface area (Å²) in [6, 6.07) is -0.620. The van der Waals surface area contributed by atoms with Crippen molar-refractivity contribution in [2.45, 2.75) is 20.8 Å². The quantitative estimate of drug-likeness (QED) is 0.434. The van der Waals surface area contributed by atoms with Gasteiger partial charge in [-0.15, -0.1) is 0 Å². The molecule has 0 aliphatic rings. The van der Waals surface area contributed by atoms with E-state index in [9.17, 15) is 4.79 Å². The molecule has 0 rings (SSSR count). The average Bonchev–Trinajstić information content (AvgIpc) is 1.99. The maximum absolute atomic E-state index is 10.4. The molecule has 0 aliphatic carbocycles. The van der Waals surface area contributed by atoms with Crippen molar-refractivity contribution in [1.82, 2.24) is 5.43 Å². The van der Waals surface area contributed by atoms with Crippen molar-refractivity contribution in [3.63, 3.8) is 0 Å². The van der Waals surface area contributed by atoms with Gasteiger partial charge in [-0.3, -0.25) is 0 Å². The number of carbonyl (C=O) groups excluding carboxylic acids is 1. The van der Waals surface area contributed by atoms with Crippen molar-refractivity contribution in [3.8, 4) is 0 Å². The summed E-state index contributed by atoms with van der Waals surface area (Å²) in [5, 5.41) is 3.73. The Balaban J connectivity index is 3.82. The third kappa shape index (κ3) is 3.88. The van der Waals surface area contributed by atoms with Gasteiger partial charge in [0.25, 0.3) is 0 Å². The first-order chi connectivity index (χ1) is 5.07. The van der Waals surface area contributed by atoms with Gasteiger partial charge >= 0.3 is 6.03 Å². The number of carbonyl (C=O) groups is 1. The Morgan fingerprint density at radius 3 is 2.80 bits per heavy atom. The highest BCUT2D eigenvalue weighted by atomic mass is 16.2. The van der Waals surface area contributed by atoms with E-state index in [4.69, 9.17) is 1.41 Å². The van der Waals surface area contributed by atoms with Crippen LogP contribution in [0.5, 0.6) is 0 Å². The number of rotatable bonds is 2. The molecule has 0 saturated heterocycles. The maximum atomic E-state index is 10.4. The lowest BCUT2D eigenvalue weighted by atomic mass is 10.1. The van der Waals surface area contributed by atoms with Crippen molar-refractivity contribution >= 4 is 11.7 Å². The summed E-state index contributed by atoms with van der Waals surface area (Å²) in [6.07, 6.45) is 0. The Bertz CT molecular complexity index is 167. The van der Waals surface area contributed by atoms with Crippen molar-refractivity contribution < 1.29 is 6.21 Å². The first-order valence-corrected chi connectivity index (χ1v) is 3.09. The molecule has 58 valence electrons. The van der Waals surface area contributed by atoms with E-state index < -0.39 is 6.03 Å². The highest BCUT2D eigenvalue weighted by Gasteiger charge is 1.96. The molecule has 0 fully saturated rings. The summed E-state index contributed by atoms with van der Waals surface area (Å²) >= 11 is 0. The molecule has 0 heterocycles. The molecular formula is C6H13N3O. The fraction of sp³-hybridized carbons (Fsp3) is 0.667. The minimum atomic E-state index is -0.620. The highest BCUT2D eigenvalue weighted by molar-refractivity contribution is 5.85. The zero-order valence-electron chi connectivity index (χ0n) is 7.43. The number of hydrogen-bond acceptors (Lipinski definition) is 2. The SMILES string of the molecule is [2H]NC(=O)N/N=C(\C)C(C)C. The molecule has 0 radical (unpaired) electrons. The number of amides is 2. The molecule has 4 heteroatoms. The van der Waals surface area contributed by atoms with Crippen molar-refractivity contribution in [2.24, 2.45) is 16.7 Å². The fourth-order valence-corrected chi connectivity index (χ4v) is 0.268. The van der Waals surface area contributed by atoms with Crippen LogP contribution in [0, 0.1) is 5.92 Å². The summed E-state index contributed by atoms with van der Waals surface area (Å²) in [5.41, 5.74) is 4.64. The zero-order chi connectivity index (χ0) is 8.85. The fourth-order valence-electron chi connectivity index (χ4n) is 0.268. The van der Waals surface area contributed by atoms with E-state index in [2.05, 4.69) is 10.5 Å². The van der Waals surface area contributed by atoms with Gasteiger partial charge in [0, 0.05) is 5.71 Å². The molecule has 0 saturated carbocycles. The lowest BCUT2D eigenvalue weighted by Crippen LogP contribution is -2.26. The lowest BCUT2D eigenvalue weighted by molar-refractivity contribution is 0.249. The largest absolute Gasteiger partial charge is 0.350 e. The molecule has 0 aromatic heterocycles. The first kappa shape index (κ1) is 7.05. The molecule has 0 bridgehead atoms. The molecular weight excluding hydrogens is 130 g/mol. The monoisotopic (exact) mass is 144 g/mol. The van der Waals surface area contributed by atoms with E-state index in [1.165, 1.54) is 0 Å². The number of primary amides is 1. The Morgan fingerprint density at radius 2 is 2.40 bits per heavy atom. The van der Waals surface area contributed by atoms with Crippen LogP contribution in [0.2, 0.25) is 1.41 Å². The van der Waals surface area contributed by atoms with Crippen LogP contribution >= 0.6 is 0 Å². The molecule has 3 N–H and O–H groups in total. The van der Waals surface area contributed by atoms with Gasteiger partial charge in [-0.2, -0.15) is 5.10 Å². The smallest absolute Gasteiger partial charge is 0.332 e. The molecule has 0 aromatic rings. The standard InChI is InChI=1S/C6H13N3O/c1-4(2)5(3)8-9-6(7)10/h4H,1-3H3,(H3,7,9,10)/b8-5+/i/hD. The third-order valence-corrected chi connectivity index (χ3v) is 1.17. The van der Waals surface area contributed by atoms with E-state index in [1.54, 1.807) is 5.73 Å². The maximum Gasteiger partial charge on any atom is 0.332 e. The molecule has 0 aliphatic heterocycles. The van der Waals surface area contributed by atoms with Crippen LogP contribution in [-0.4, -0.2) is 11.7 Å². The average molecular weight is 144 g/mol. The number of hydrazone groups is 1. The van der Waals surface area contributed by atoms with Crippen LogP contribution in [0.25, 0.3) is 0 Å². The van der Waals surface area contributed by atoms with Gasteiger partial charge in [0.05, 0.1) is 0 Å². The number of nitrogens with one attached hydrogen (secondary N) is 1. The number of nitrogens with zero attached hydrogens (tertiary/aromatic N) is 1. The van der Waals surface area contributed by atoms with Gasteiger partial charge in [-0.1, -0.05) is 13.8 Å². The van der Waals surface area contributed by atoms with Crippen LogP contribution in [0.3, 0.4) is 0 Å². The van der Waals surface area contributed by atoms with Gasteiger partial charge in [-0.05, 0) is 12.8 Å². The predicted molar refractivity (Wildman–Crippen MR) is 40.7 cm³/mol. The van der Waals surface area contributed by atoms with Crippen LogP contribution in [0.15, 0.2) is 5.10 Å². The number of urea groups is 1. The van der Waals surface area contributed by atoms with Crippen LogP contribution < -0.4 is 11.2 Å². The first-order valence-electron chi connectivity index (χ1n) is 3.59. The Morgan fingerprint density at radius 1 is 1.80 bits per heavy atom. The number of hydrogen-bond donors (Lipinski definition) is 2. The summed E-state index contributed by atoms with van der Waals surface area (Å²) in [5.74, 6) is 0.307. The van der Waals surface area contributed by atoms with Gasteiger partial charge in [0.1, 0.15) is 0 Å². The topological polar surface area (TPSA) is 67.5 Å². The lowest BCUT2D eigenvalue weighted by Gasteiger charge is -2.01. The van der Waals surface area contributed by atoms with Gasteiger partial charge in [0.2, 0.25) is 0 Å². The Kier molecular flexibility index (Phi) is 2.73. The molecule has 10 heavy (non-hydrogen) atoms. The Labute approximate surface area is 61.9 Å². The second kappa shape index (κ2) is 3.87. The van der Waals surface area contributed by atoms with Crippen molar-refractivity contribution in [2.75, 3.05) is 0 Å². The van der Waals surface area contributed by atoms with Gasteiger partial charge in [-0.25, -0.2) is 10.2 Å². The highest BCUT2D eigenvalue weighted by Crippen LogP contribution is 1.93. The third-order valence-electron chi connectivity index (χ3n) is 1.17. The second-order valence-electron chi connectivity index (χ2n) is 2.35.